The second kappa shape index (κ2) is 11.3. The topological polar surface area (TPSA) is 69.1 Å². The van der Waals surface area contributed by atoms with E-state index in [1.165, 1.54) is 0 Å². The number of hydrogen-bond donors (Lipinski definition) is 3. The highest BCUT2D eigenvalue weighted by molar-refractivity contribution is 5.79. The Hall–Kier alpha value is -2.73. The lowest BCUT2D eigenvalue weighted by atomic mass is 10.1. The molecule has 0 amide bonds. The number of benzene rings is 2. The van der Waals surface area contributed by atoms with Gasteiger partial charge < -0.3 is 25.4 Å². The standard InChI is InChI=1S/C23H34N4O2/c1-6-24-23(25-15-18-9-7-11-20(13-18)27(4)5)26-16-22(28)19-10-8-12-21(14-19)29-17(2)3/h7-14,17,22,28H,6,15-16H2,1-5H3,(H2,24,25,26). The Morgan fingerprint density at radius 1 is 1.10 bits per heavy atom. The molecule has 1 atom stereocenters. The van der Waals surface area contributed by atoms with Crippen molar-refractivity contribution in [3.05, 3.63) is 59.7 Å². The average Bonchev–Trinajstić information content (AvgIpc) is 2.69. The zero-order valence-electron chi connectivity index (χ0n) is 18.1. The lowest BCUT2D eigenvalue weighted by Crippen LogP contribution is -2.39. The largest absolute Gasteiger partial charge is 0.491 e. The number of hydrogen-bond acceptors (Lipinski definition) is 4. The van der Waals surface area contributed by atoms with Crippen molar-refractivity contribution < 1.29 is 9.84 Å². The van der Waals surface area contributed by atoms with Gasteiger partial charge in [0.1, 0.15) is 5.75 Å². The summed E-state index contributed by atoms with van der Waals surface area (Å²) in [6.07, 6.45) is -0.564. The molecule has 0 bridgehead atoms. The normalized spacial score (nSPS) is 12.6. The summed E-state index contributed by atoms with van der Waals surface area (Å²) in [5.74, 6) is 1.44. The average molecular weight is 399 g/mol. The zero-order chi connectivity index (χ0) is 21.2. The molecule has 0 saturated heterocycles. The van der Waals surface area contributed by atoms with E-state index in [0.29, 0.717) is 19.0 Å². The molecule has 6 nitrogen and oxygen atoms in total. The summed E-state index contributed by atoms with van der Waals surface area (Å²) >= 11 is 0. The van der Waals surface area contributed by atoms with E-state index in [1.807, 2.05) is 65.2 Å². The molecular weight excluding hydrogens is 364 g/mol. The van der Waals surface area contributed by atoms with Crippen molar-refractivity contribution >= 4 is 11.6 Å². The van der Waals surface area contributed by atoms with Gasteiger partial charge in [0.15, 0.2) is 5.96 Å². The minimum absolute atomic E-state index is 0.0963. The number of aliphatic imine (C=N–C) groups is 1. The second-order valence-electron chi connectivity index (χ2n) is 7.40. The van der Waals surface area contributed by atoms with Crippen molar-refractivity contribution in [3.8, 4) is 5.75 Å². The quantitative estimate of drug-likeness (QED) is 0.447. The summed E-state index contributed by atoms with van der Waals surface area (Å²) in [5, 5.41) is 17.0. The molecule has 0 aliphatic carbocycles. The third-order valence-electron chi connectivity index (χ3n) is 4.27. The van der Waals surface area contributed by atoms with Crippen LogP contribution in [0.2, 0.25) is 0 Å². The molecule has 2 aromatic rings. The number of guanidine groups is 1. The van der Waals surface area contributed by atoms with Gasteiger partial charge in [0.25, 0.3) is 0 Å². The number of nitrogens with one attached hydrogen (secondary N) is 2. The maximum atomic E-state index is 10.6. The smallest absolute Gasteiger partial charge is 0.191 e. The summed E-state index contributed by atoms with van der Waals surface area (Å²) in [6.45, 7) is 7.65. The molecule has 0 aromatic heterocycles. The van der Waals surface area contributed by atoms with Gasteiger partial charge in [-0.25, -0.2) is 4.99 Å². The lowest BCUT2D eigenvalue weighted by molar-refractivity contribution is 0.179. The molecule has 0 spiro atoms. The highest BCUT2D eigenvalue weighted by atomic mass is 16.5. The molecule has 0 heterocycles. The number of aliphatic hydroxyl groups is 1. The molecule has 1 unspecified atom stereocenters. The Labute approximate surface area is 174 Å². The third kappa shape index (κ3) is 7.66. The molecule has 0 saturated carbocycles. The molecule has 2 rings (SSSR count). The maximum Gasteiger partial charge on any atom is 0.191 e. The van der Waals surface area contributed by atoms with Crippen molar-refractivity contribution in [2.45, 2.75) is 39.5 Å². The molecule has 6 heteroatoms. The monoisotopic (exact) mass is 398 g/mol. The predicted molar refractivity (Wildman–Crippen MR) is 121 cm³/mol. The third-order valence-corrected chi connectivity index (χ3v) is 4.27. The summed E-state index contributed by atoms with van der Waals surface area (Å²) in [4.78, 5) is 6.72. The minimum atomic E-state index is -0.661. The number of nitrogens with zero attached hydrogens (tertiary/aromatic N) is 2. The highest BCUT2D eigenvalue weighted by Crippen LogP contribution is 2.20. The van der Waals surface area contributed by atoms with Crippen molar-refractivity contribution in [1.29, 1.82) is 0 Å². The molecule has 29 heavy (non-hydrogen) atoms. The first kappa shape index (κ1) is 22.6. The van der Waals surface area contributed by atoms with E-state index in [0.717, 1.165) is 29.1 Å². The second-order valence-corrected chi connectivity index (χ2v) is 7.40. The maximum absolute atomic E-state index is 10.6. The van der Waals surface area contributed by atoms with Gasteiger partial charge in [-0.2, -0.15) is 0 Å². The Balaban J connectivity index is 1.99. The Kier molecular flexibility index (Phi) is 8.80. The van der Waals surface area contributed by atoms with Crippen molar-refractivity contribution in [2.24, 2.45) is 4.99 Å². The van der Waals surface area contributed by atoms with E-state index in [2.05, 4.69) is 38.7 Å². The van der Waals surface area contributed by atoms with Gasteiger partial charge in [-0.3, -0.25) is 0 Å². The molecule has 0 aliphatic heterocycles. The first-order chi connectivity index (χ1) is 13.9. The molecular formula is C23H34N4O2. The van der Waals surface area contributed by atoms with Crippen molar-refractivity contribution in [2.75, 3.05) is 32.1 Å². The summed E-state index contributed by atoms with van der Waals surface area (Å²) in [7, 11) is 4.05. The summed E-state index contributed by atoms with van der Waals surface area (Å²) in [5.41, 5.74) is 3.09. The first-order valence-corrected chi connectivity index (χ1v) is 10.1. The number of ether oxygens (including phenoxy) is 1. The van der Waals surface area contributed by atoms with Gasteiger partial charge in [0.2, 0.25) is 0 Å². The van der Waals surface area contributed by atoms with Gasteiger partial charge in [0.05, 0.1) is 18.8 Å². The Bertz CT molecular complexity index is 790. The van der Waals surface area contributed by atoms with Crippen LogP contribution in [-0.4, -0.2) is 44.4 Å². The first-order valence-electron chi connectivity index (χ1n) is 10.1. The summed E-state index contributed by atoms with van der Waals surface area (Å²) < 4.78 is 5.71. The molecule has 158 valence electrons. The predicted octanol–water partition coefficient (Wildman–Crippen LogP) is 3.33. The fourth-order valence-corrected chi connectivity index (χ4v) is 2.82. The lowest BCUT2D eigenvalue weighted by Gasteiger charge is -2.17. The van der Waals surface area contributed by atoms with Crippen LogP contribution in [-0.2, 0) is 6.54 Å². The van der Waals surface area contributed by atoms with Gasteiger partial charge in [0, 0.05) is 32.9 Å². The van der Waals surface area contributed by atoms with Gasteiger partial charge in [-0.05, 0) is 56.2 Å². The molecule has 0 fully saturated rings. The molecule has 3 N–H and O–H groups in total. The summed E-state index contributed by atoms with van der Waals surface area (Å²) in [6, 6.07) is 15.9. The highest BCUT2D eigenvalue weighted by Gasteiger charge is 2.10. The van der Waals surface area contributed by atoms with Crippen LogP contribution in [0.3, 0.4) is 0 Å². The van der Waals surface area contributed by atoms with E-state index in [4.69, 9.17) is 4.74 Å². The van der Waals surface area contributed by atoms with Crippen LogP contribution < -0.4 is 20.3 Å². The Morgan fingerprint density at radius 2 is 1.86 bits per heavy atom. The number of aliphatic hydroxyl groups excluding tert-OH is 1. The Morgan fingerprint density at radius 3 is 2.55 bits per heavy atom. The number of rotatable bonds is 9. The fraction of sp³-hybridized carbons (Fsp3) is 0.435. The van der Waals surface area contributed by atoms with Crippen LogP contribution in [0.25, 0.3) is 0 Å². The van der Waals surface area contributed by atoms with Crippen LogP contribution in [0.1, 0.15) is 38.0 Å². The minimum Gasteiger partial charge on any atom is -0.491 e. The van der Waals surface area contributed by atoms with Crippen molar-refractivity contribution in [1.82, 2.24) is 10.6 Å². The van der Waals surface area contributed by atoms with Crippen molar-refractivity contribution in [3.63, 3.8) is 0 Å². The molecule has 2 aromatic carbocycles. The number of anilines is 1. The van der Waals surface area contributed by atoms with Crippen LogP contribution in [0.15, 0.2) is 53.5 Å². The van der Waals surface area contributed by atoms with Gasteiger partial charge >= 0.3 is 0 Å². The van der Waals surface area contributed by atoms with E-state index in [-0.39, 0.29) is 6.10 Å². The SMILES string of the molecule is CCNC(=NCc1cccc(N(C)C)c1)NCC(O)c1cccc(OC(C)C)c1. The van der Waals surface area contributed by atoms with Crippen LogP contribution in [0.5, 0.6) is 5.75 Å². The van der Waals surface area contributed by atoms with Gasteiger partial charge in [-0.1, -0.05) is 24.3 Å². The van der Waals surface area contributed by atoms with E-state index in [1.54, 1.807) is 0 Å². The van der Waals surface area contributed by atoms with Crippen LogP contribution >= 0.6 is 0 Å². The van der Waals surface area contributed by atoms with Gasteiger partial charge in [-0.15, -0.1) is 0 Å². The van der Waals surface area contributed by atoms with Crippen LogP contribution in [0.4, 0.5) is 5.69 Å². The van der Waals surface area contributed by atoms with Crippen LogP contribution in [0, 0.1) is 0 Å². The zero-order valence-corrected chi connectivity index (χ0v) is 18.1. The fourth-order valence-electron chi connectivity index (χ4n) is 2.82. The van der Waals surface area contributed by atoms with E-state index < -0.39 is 6.10 Å². The van der Waals surface area contributed by atoms with E-state index >= 15 is 0 Å². The van der Waals surface area contributed by atoms with E-state index in [9.17, 15) is 5.11 Å². The molecule has 0 aliphatic rings. The molecule has 0 radical (unpaired) electrons.